The van der Waals surface area contributed by atoms with Gasteiger partial charge in [-0.2, -0.15) is 4.98 Å². The summed E-state index contributed by atoms with van der Waals surface area (Å²) in [5, 5.41) is 4.06. The molecule has 1 N–H and O–H groups in total. The summed E-state index contributed by atoms with van der Waals surface area (Å²) in [5.74, 6) is 0.759. The first-order valence-corrected chi connectivity index (χ1v) is 10.6. The minimum Gasteiger partial charge on any atom is -0.312 e. The number of carbonyl (C=O) groups excluding carboxylic acids is 1. The van der Waals surface area contributed by atoms with E-state index in [9.17, 15) is 9.59 Å². The fourth-order valence-electron chi connectivity index (χ4n) is 3.59. The van der Waals surface area contributed by atoms with Crippen molar-refractivity contribution in [3.05, 3.63) is 86.2 Å². The lowest BCUT2D eigenvalue weighted by atomic mass is 9.87. The number of amides is 1. The number of halogens is 1. The first kappa shape index (κ1) is 19.7. The number of nitrogens with one attached hydrogen (secondary N) is 1. The third kappa shape index (κ3) is 4.09. The molecule has 1 amide bonds. The topological polar surface area (TPSA) is 64.0 Å². The van der Waals surface area contributed by atoms with Gasteiger partial charge >= 0.3 is 0 Å². The molecule has 0 aliphatic carbocycles. The second kappa shape index (κ2) is 8.05. The molecule has 7 heteroatoms. The molecular weight excluding hydrogens is 406 g/mol. The van der Waals surface area contributed by atoms with Crippen LogP contribution in [0.3, 0.4) is 0 Å². The Morgan fingerprint density at radius 3 is 2.69 bits per heavy atom. The third-order valence-electron chi connectivity index (χ3n) is 5.02. The Hall–Kier alpha value is -2.57. The van der Waals surface area contributed by atoms with Crippen LogP contribution in [0.25, 0.3) is 0 Å². The highest BCUT2D eigenvalue weighted by atomic mass is 35.5. The van der Waals surface area contributed by atoms with E-state index < -0.39 is 0 Å². The second-order valence-corrected chi connectivity index (χ2v) is 8.53. The number of carbonyl (C=O) groups is 1. The highest BCUT2D eigenvalue weighted by molar-refractivity contribution is 7.98. The van der Waals surface area contributed by atoms with Gasteiger partial charge in [0.15, 0.2) is 5.16 Å². The van der Waals surface area contributed by atoms with Crippen molar-refractivity contribution in [2.24, 2.45) is 7.05 Å². The zero-order valence-electron chi connectivity index (χ0n) is 16.1. The summed E-state index contributed by atoms with van der Waals surface area (Å²) < 4.78 is 1.80. The number of rotatable bonds is 4. The predicted octanol–water partition coefficient (Wildman–Crippen LogP) is 4.51. The van der Waals surface area contributed by atoms with Gasteiger partial charge in [-0.3, -0.25) is 9.59 Å². The zero-order chi connectivity index (χ0) is 20.5. The Kier molecular flexibility index (Phi) is 5.48. The van der Waals surface area contributed by atoms with Crippen molar-refractivity contribution in [1.82, 2.24) is 9.55 Å². The molecule has 1 aromatic heterocycles. The van der Waals surface area contributed by atoms with E-state index in [-0.39, 0.29) is 23.8 Å². The molecule has 1 atom stereocenters. The summed E-state index contributed by atoms with van der Waals surface area (Å²) in [6.45, 7) is 2.05. The van der Waals surface area contributed by atoms with E-state index in [0.29, 0.717) is 27.3 Å². The number of nitrogens with zero attached hydrogens (tertiary/aromatic N) is 2. The van der Waals surface area contributed by atoms with Crippen LogP contribution in [-0.2, 0) is 17.6 Å². The van der Waals surface area contributed by atoms with Gasteiger partial charge in [0.1, 0.15) is 5.82 Å². The quantitative estimate of drug-likeness (QED) is 0.493. The van der Waals surface area contributed by atoms with Crippen LogP contribution in [0.2, 0.25) is 5.02 Å². The number of benzene rings is 2. The minimum atomic E-state index is -0.335. The summed E-state index contributed by atoms with van der Waals surface area (Å²) >= 11 is 7.47. The van der Waals surface area contributed by atoms with E-state index in [2.05, 4.69) is 22.4 Å². The van der Waals surface area contributed by atoms with E-state index in [0.717, 1.165) is 11.1 Å². The van der Waals surface area contributed by atoms with Crippen molar-refractivity contribution >= 4 is 35.1 Å². The highest BCUT2D eigenvalue weighted by Gasteiger charge is 2.32. The molecule has 0 spiro atoms. The first-order valence-electron chi connectivity index (χ1n) is 9.27. The molecule has 0 bridgehead atoms. The van der Waals surface area contributed by atoms with Gasteiger partial charge in [0, 0.05) is 30.2 Å². The molecule has 2 heterocycles. The normalized spacial score (nSPS) is 15.7. The maximum atomic E-state index is 12.9. The number of hydrogen-bond donors (Lipinski definition) is 1. The van der Waals surface area contributed by atoms with Crippen LogP contribution in [-0.4, -0.2) is 15.5 Å². The van der Waals surface area contributed by atoms with Gasteiger partial charge in [-0.25, -0.2) is 0 Å². The van der Waals surface area contributed by atoms with E-state index in [1.165, 1.54) is 17.3 Å². The number of aryl methyl sites for hydroxylation is 1. The lowest BCUT2D eigenvalue weighted by Crippen LogP contribution is -2.33. The molecule has 0 saturated carbocycles. The first-order chi connectivity index (χ1) is 13.9. The molecule has 4 rings (SSSR count). The van der Waals surface area contributed by atoms with Crippen LogP contribution in [0.4, 0.5) is 5.82 Å². The molecule has 5 nitrogen and oxygen atoms in total. The number of aromatic nitrogens is 2. The van der Waals surface area contributed by atoms with E-state index >= 15 is 0 Å². The molecular formula is C22H20ClN3O2S. The average Bonchev–Trinajstić information content (AvgIpc) is 2.69. The highest BCUT2D eigenvalue weighted by Crippen LogP contribution is 2.36. The van der Waals surface area contributed by atoms with Crippen molar-refractivity contribution in [3.63, 3.8) is 0 Å². The van der Waals surface area contributed by atoms with Gasteiger partial charge in [-0.15, -0.1) is 0 Å². The molecule has 29 heavy (non-hydrogen) atoms. The van der Waals surface area contributed by atoms with Gasteiger partial charge < -0.3 is 9.88 Å². The predicted molar refractivity (Wildman–Crippen MR) is 117 cm³/mol. The van der Waals surface area contributed by atoms with Gasteiger partial charge in [-0.1, -0.05) is 65.3 Å². The molecule has 1 unspecified atom stereocenters. The largest absolute Gasteiger partial charge is 0.312 e. The van der Waals surface area contributed by atoms with Gasteiger partial charge in [0.05, 0.1) is 5.56 Å². The number of thioether (sulfide) groups is 1. The van der Waals surface area contributed by atoms with Gasteiger partial charge in [-0.05, 0) is 30.2 Å². The SMILES string of the molecule is Cc1cccc(CSc2nc(=O)c3c(n2C)NC(=O)CC3c2ccc(Cl)cc2)c1. The van der Waals surface area contributed by atoms with Crippen LogP contribution < -0.4 is 10.9 Å². The monoisotopic (exact) mass is 425 g/mol. The van der Waals surface area contributed by atoms with Crippen molar-refractivity contribution in [2.75, 3.05) is 5.32 Å². The van der Waals surface area contributed by atoms with E-state index in [1.54, 1.807) is 16.7 Å². The number of anilines is 1. The Morgan fingerprint density at radius 1 is 1.21 bits per heavy atom. The lowest BCUT2D eigenvalue weighted by Gasteiger charge is -2.27. The van der Waals surface area contributed by atoms with Crippen LogP contribution in [0.5, 0.6) is 0 Å². The van der Waals surface area contributed by atoms with Crippen LogP contribution in [0.15, 0.2) is 58.5 Å². The fourth-order valence-corrected chi connectivity index (χ4v) is 4.63. The smallest absolute Gasteiger partial charge is 0.279 e. The summed E-state index contributed by atoms with van der Waals surface area (Å²) in [6.07, 6.45) is 0.210. The molecule has 148 valence electrons. The summed E-state index contributed by atoms with van der Waals surface area (Å²) in [5.41, 5.74) is 3.45. The maximum Gasteiger partial charge on any atom is 0.279 e. The Balaban J connectivity index is 1.71. The van der Waals surface area contributed by atoms with Gasteiger partial charge in [0.25, 0.3) is 5.56 Å². The van der Waals surface area contributed by atoms with E-state index in [4.69, 9.17) is 11.6 Å². The second-order valence-electron chi connectivity index (χ2n) is 7.15. The Bertz CT molecular complexity index is 1140. The summed E-state index contributed by atoms with van der Waals surface area (Å²) in [7, 11) is 1.83. The number of hydrogen-bond acceptors (Lipinski definition) is 4. The van der Waals surface area contributed by atoms with Crippen molar-refractivity contribution < 1.29 is 4.79 Å². The van der Waals surface area contributed by atoms with Crippen LogP contribution in [0.1, 0.15) is 34.6 Å². The minimum absolute atomic E-state index is 0.117. The Morgan fingerprint density at radius 2 is 1.97 bits per heavy atom. The fraction of sp³-hybridized carbons (Fsp3) is 0.227. The van der Waals surface area contributed by atoms with Crippen molar-refractivity contribution in [1.29, 1.82) is 0 Å². The van der Waals surface area contributed by atoms with Crippen LogP contribution >= 0.6 is 23.4 Å². The Labute approximate surface area is 178 Å². The summed E-state index contributed by atoms with van der Waals surface area (Å²) in [6, 6.07) is 15.5. The molecule has 0 radical (unpaired) electrons. The molecule has 1 aliphatic rings. The van der Waals surface area contributed by atoms with E-state index in [1.807, 2.05) is 38.2 Å². The zero-order valence-corrected chi connectivity index (χ0v) is 17.7. The number of fused-ring (bicyclic) bond motifs is 1. The third-order valence-corrected chi connectivity index (χ3v) is 6.38. The molecule has 2 aromatic carbocycles. The van der Waals surface area contributed by atoms with Crippen molar-refractivity contribution in [3.8, 4) is 0 Å². The standard InChI is InChI=1S/C22H20ClN3O2S/c1-13-4-3-5-14(10-13)12-29-22-25-21(28)19-17(15-6-8-16(23)9-7-15)11-18(27)24-20(19)26(22)2/h3-10,17H,11-12H2,1-2H3,(H,24,27). The van der Waals surface area contributed by atoms with Gasteiger partial charge in [0.2, 0.25) is 5.91 Å². The lowest BCUT2D eigenvalue weighted by molar-refractivity contribution is -0.116. The average molecular weight is 426 g/mol. The molecule has 0 saturated heterocycles. The molecule has 1 aliphatic heterocycles. The molecule has 0 fully saturated rings. The molecule has 3 aromatic rings. The maximum absolute atomic E-state index is 12.9. The van der Waals surface area contributed by atoms with Crippen molar-refractivity contribution in [2.45, 2.75) is 30.2 Å². The van der Waals surface area contributed by atoms with Crippen LogP contribution in [0, 0.1) is 6.92 Å². The summed E-state index contributed by atoms with van der Waals surface area (Å²) in [4.78, 5) is 29.7.